The molecule has 0 aliphatic heterocycles. The summed E-state index contributed by atoms with van der Waals surface area (Å²) in [6, 6.07) is 8.29. The van der Waals surface area contributed by atoms with E-state index in [0.717, 1.165) is 36.7 Å². The largest absolute Gasteiger partial charge is 0.388 e. The fourth-order valence-electron chi connectivity index (χ4n) is 3.92. The van der Waals surface area contributed by atoms with Gasteiger partial charge in [-0.25, -0.2) is 0 Å². The first-order valence-electron chi connectivity index (χ1n) is 8.50. The van der Waals surface area contributed by atoms with E-state index in [1.807, 2.05) is 6.07 Å². The zero-order valence-electron chi connectivity index (χ0n) is 13.8. The Kier molecular flexibility index (Phi) is 5.45. The van der Waals surface area contributed by atoms with Crippen LogP contribution in [0.25, 0.3) is 0 Å². The molecule has 0 amide bonds. The van der Waals surface area contributed by atoms with Crippen LogP contribution in [0.15, 0.2) is 24.3 Å². The Hall–Kier alpha value is -0.860. The molecule has 0 spiro atoms. The van der Waals surface area contributed by atoms with Gasteiger partial charge >= 0.3 is 0 Å². The zero-order chi connectivity index (χ0) is 15.5. The number of aliphatic hydroxyl groups is 1. The highest BCUT2D eigenvalue weighted by Gasteiger charge is 2.41. The Balaban J connectivity index is 2.21. The van der Waals surface area contributed by atoms with Gasteiger partial charge in [-0.3, -0.25) is 0 Å². The van der Waals surface area contributed by atoms with Gasteiger partial charge in [-0.15, -0.1) is 0 Å². The molecule has 1 atom stereocenters. The minimum Gasteiger partial charge on any atom is -0.388 e. The summed E-state index contributed by atoms with van der Waals surface area (Å²) in [5.74, 6) is 1.53. The maximum absolute atomic E-state index is 11.1. The van der Waals surface area contributed by atoms with Crippen molar-refractivity contribution in [3.8, 4) is 0 Å². The van der Waals surface area contributed by atoms with Crippen molar-refractivity contribution >= 4 is 0 Å². The summed E-state index contributed by atoms with van der Waals surface area (Å²) in [5.41, 5.74) is 8.35. The van der Waals surface area contributed by atoms with Crippen molar-refractivity contribution in [2.24, 2.45) is 23.0 Å². The normalized spacial score (nSPS) is 27.8. The molecule has 0 aromatic heterocycles. The number of benzene rings is 1. The molecule has 1 aromatic rings. The monoisotopic (exact) mass is 289 g/mol. The number of nitrogens with two attached hydrogens (primary N) is 1. The summed E-state index contributed by atoms with van der Waals surface area (Å²) in [6.45, 7) is 7.35. The molecule has 1 saturated carbocycles. The predicted octanol–water partition coefficient (Wildman–Crippen LogP) is 4.07. The van der Waals surface area contributed by atoms with Gasteiger partial charge in [-0.2, -0.15) is 0 Å². The van der Waals surface area contributed by atoms with E-state index in [2.05, 4.69) is 39.0 Å². The van der Waals surface area contributed by atoms with Crippen LogP contribution in [-0.4, -0.2) is 11.7 Å². The van der Waals surface area contributed by atoms with Crippen LogP contribution in [-0.2, 0) is 6.42 Å². The first-order valence-corrected chi connectivity index (χ1v) is 8.50. The number of hydrogen-bond acceptors (Lipinski definition) is 2. The summed E-state index contributed by atoms with van der Waals surface area (Å²) < 4.78 is 0. The lowest BCUT2D eigenvalue weighted by atomic mass is 9.64. The highest BCUT2D eigenvalue weighted by atomic mass is 16.3. The minimum absolute atomic E-state index is 0.128. The lowest BCUT2D eigenvalue weighted by molar-refractivity contribution is -0.0153. The zero-order valence-corrected chi connectivity index (χ0v) is 13.8. The van der Waals surface area contributed by atoms with Crippen LogP contribution >= 0.6 is 0 Å². The van der Waals surface area contributed by atoms with Crippen molar-refractivity contribution in [2.45, 2.75) is 59.0 Å². The Bertz CT molecular complexity index is 447. The molecule has 1 aliphatic carbocycles. The molecule has 3 N–H and O–H groups in total. The van der Waals surface area contributed by atoms with Gasteiger partial charge in [0.15, 0.2) is 0 Å². The van der Waals surface area contributed by atoms with Gasteiger partial charge < -0.3 is 10.8 Å². The average molecular weight is 289 g/mol. The highest BCUT2D eigenvalue weighted by molar-refractivity contribution is 5.30. The highest BCUT2D eigenvalue weighted by Crippen LogP contribution is 2.48. The Morgan fingerprint density at radius 3 is 2.38 bits per heavy atom. The lowest BCUT2D eigenvalue weighted by Gasteiger charge is -2.44. The quantitative estimate of drug-likeness (QED) is 0.858. The molecule has 2 heteroatoms. The molecule has 118 valence electrons. The van der Waals surface area contributed by atoms with E-state index in [-0.39, 0.29) is 5.41 Å². The standard InChI is InChI=1S/C19H31NO/c1-4-15-7-5-6-8-17(15)18(21)19(13-20)11-9-16(10-12-19)14(2)3/h5-8,14,16,18,21H,4,9-13,20H2,1-3H3. The van der Waals surface area contributed by atoms with Crippen LogP contribution < -0.4 is 5.73 Å². The Labute approximate surface area is 129 Å². The molecular weight excluding hydrogens is 258 g/mol. The summed E-state index contributed by atoms with van der Waals surface area (Å²) in [6.07, 6.45) is 5.02. The first-order chi connectivity index (χ1) is 10.0. The summed E-state index contributed by atoms with van der Waals surface area (Å²) in [7, 11) is 0. The van der Waals surface area contributed by atoms with Crippen LogP contribution in [0.4, 0.5) is 0 Å². The van der Waals surface area contributed by atoms with E-state index in [9.17, 15) is 5.11 Å². The minimum atomic E-state index is -0.424. The lowest BCUT2D eigenvalue weighted by Crippen LogP contribution is -2.41. The first kappa shape index (κ1) is 16.5. The van der Waals surface area contributed by atoms with Gasteiger partial charge in [0.1, 0.15) is 0 Å². The fourth-order valence-corrected chi connectivity index (χ4v) is 3.92. The van der Waals surface area contributed by atoms with E-state index in [1.54, 1.807) is 0 Å². The molecule has 1 unspecified atom stereocenters. The maximum Gasteiger partial charge on any atom is 0.0860 e. The topological polar surface area (TPSA) is 46.2 Å². The average Bonchev–Trinajstić information content (AvgIpc) is 2.54. The van der Waals surface area contributed by atoms with Crippen molar-refractivity contribution in [2.75, 3.05) is 6.54 Å². The van der Waals surface area contributed by atoms with Crippen LogP contribution in [0.5, 0.6) is 0 Å². The molecule has 0 heterocycles. The van der Waals surface area contributed by atoms with Crippen molar-refractivity contribution in [1.82, 2.24) is 0 Å². The number of aryl methyl sites for hydroxylation is 1. The molecular formula is C19H31NO. The van der Waals surface area contributed by atoms with Crippen molar-refractivity contribution in [3.63, 3.8) is 0 Å². The van der Waals surface area contributed by atoms with Gasteiger partial charge in [0.2, 0.25) is 0 Å². The summed E-state index contributed by atoms with van der Waals surface area (Å²) in [5, 5.41) is 11.1. The van der Waals surface area contributed by atoms with E-state index < -0.39 is 6.10 Å². The smallest absolute Gasteiger partial charge is 0.0860 e. The van der Waals surface area contributed by atoms with Crippen molar-refractivity contribution in [3.05, 3.63) is 35.4 Å². The summed E-state index contributed by atoms with van der Waals surface area (Å²) >= 11 is 0. The second-order valence-corrected chi connectivity index (χ2v) is 7.10. The van der Waals surface area contributed by atoms with E-state index in [4.69, 9.17) is 5.73 Å². The third-order valence-corrected chi connectivity index (χ3v) is 5.69. The second kappa shape index (κ2) is 6.93. The molecule has 0 bridgehead atoms. The molecule has 1 aliphatic rings. The van der Waals surface area contributed by atoms with E-state index in [0.29, 0.717) is 6.54 Å². The van der Waals surface area contributed by atoms with Crippen LogP contribution in [0.2, 0.25) is 0 Å². The third-order valence-electron chi connectivity index (χ3n) is 5.69. The van der Waals surface area contributed by atoms with E-state index in [1.165, 1.54) is 18.4 Å². The number of aliphatic hydroxyl groups excluding tert-OH is 1. The van der Waals surface area contributed by atoms with Gasteiger partial charge in [0.05, 0.1) is 6.10 Å². The fraction of sp³-hybridized carbons (Fsp3) is 0.684. The SMILES string of the molecule is CCc1ccccc1C(O)C1(CN)CCC(C(C)C)CC1. The Morgan fingerprint density at radius 2 is 1.86 bits per heavy atom. The predicted molar refractivity (Wildman–Crippen MR) is 89.1 cm³/mol. The van der Waals surface area contributed by atoms with Crippen LogP contribution in [0.3, 0.4) is 0 Å². The maximum atomic E-state index is 11.1. The van der Waals surface area contributed by atoms with Gasteiger partial charge in [0, 0.05) is 12.0 Å². The summed E-state index contributed by atoms with van der Waals surface area (Å²) in [4.78, 5) is 0. The molecule has 1 aromatic carbocycles. The third kappa shape index (κ3) is 3.32. The van der Waals surface area contributed by atoms with Crippen LogP contribution in [0.1, 0.15) is 63.7 Å². The van der Waals surface area contributed by atoms with Gasteiger partial charge in [-0.05, 0) is 55.1 Å². The molecule has 1 fully saturated rings. The molecule has 2 rings (SSSR count). The number of hydrogen-bond donors (Lipinski definition) is 2. The molecule has 0 radical (unpaired) electrons. The number of rotatable bonds is 5. The van der Waals surface area contributed by atoms with Crippen molar-refractivity contribution < 1.29 is 5.11 Å². The van der Waals surface area contributed by atoms with Gasteiger partial charge in [-0.1, -0.05) is 45.0 Å². The Morgan fingerprint density at radius 1 is 1.24 bits per heavy atom. The molecule has 21 heavy (non-hydrogen) atoms. The van der Waals surface area contributed by atoms with Crippen LogP contribution in [0, 0.1) is 17.3 Å². The van der Waals surface area contributed by atoms with Crippen molar-refractivity contribution in [1.29, 1.82) is 0 Å². The second-order valence-electron chi connectivity index (χ2n) is 7.10. The van der Waals surface area contributed by atoms with E-state index >= 15 is 0 Å². The molecule has 2 nitrogen and oxygen atoms in total. The molecule has 0 saturated heterocycles. The van der Waals surface area contributed by atoms with Gasteiger partial charge in [0.25, 0.3) is 0 Å².